The molecule has 1 aromatic carbocycles. The highest BCUT2D eigenvalue weighted by molar-refractivity contribution is 6.06. The van der Waals surface area contributed by atoms with Gasteiger partial charge in [0, 0.05) is 37.7 Å². The summed E-state index contributed by atoms with van der Waals surface area (Å²) in [4.78, 5) is 15.3. The summed E-state index contributed by atoms with van der Waals surface area (Å²) < 4.78 is 1.57. The van der Waals surface area contributed by atoms with Crippen molar-refractivity contribution in [3.63, 3.8) is 0 Å². The number of fused-ring (bicyclic) bond motifs is 3. The molecule has 3 heterocycles. The highest BCUT2D eigenvalue weighted by atomic mass is 16.3. The Morgan fingerprint density at radius 2 is 1.85 bits per heavy atom. The van der Waals surface area contributed by atoms with Crippen LogP contribution in [0.25, 0.3) is 10.9 Å². The number of nitrogens with one attached hydrogen (secondary N) is 1. The van der Waals surface area contributed by atoms with E-state index >= 15 is 0 Å². The summed E-state index contributed by atoms with van der Waals surface area (Å²) in [6.45, 7) is 0. The van der Waals surface area contributed by atoms with Gasteiger partial charge in [0.1, 0.15) is 11.3 Å². The number of carbonyl (C=O) groups is 1. The molecule has 2 saturated heterocycles. The third-order valence-corrected chi connectivity index (χ3v) is 5.73. The van der Waals surface area contributed by atoms with Crippen LogP contribution in [-0.2, 0) is 7.05 Å². The maximum Gasteiger partial charge on any atom is 0.272 e. The molecule has 142 valence electrons. The van der Waals surface area contributed by atoms with Gasteiger partial charge in [-0.1, -0.05) is 18.6 Å². The van der Waals surface area contributed by atoms with E-state index in [0.717, 1.165) is 20.0 Å². The molecule has 2 bridgehead atoms. The number of phenolic OH excluding ortho intramolecular Hbond substituents is 1. The number of nitrogens with zero attached hydrogens (tertiary/aromatic N) is 3. The van der Waals surface area contributed by atoms with Gasteiger partial charge >= 0.3 is 0 Å². The van der Waals surface area contributed by atoms with Crippen LogP contribution in [0.15, 0.2) is 18.2 Å². The van der Waals surface area contributed by atoms with E-state index in [4.69, 9.17) is 5.11 Å². The molecule has 2 aromatic rings. The van der Waals surface area contributed by atoms with Crippen LogP contribution in [0.5, 0.6) is 5.75 Å². The van der Waals surface area contributed by atoms with Crippen molar-refractivity contribution in [2.45, 2.75) is 50.2 Å². The smallest absolute Gasteiger partial charge is 0.272 e. The predicted octanol–water partition coefficient (Wildman–Crippen LogP) is 1.63. The number of rotatable bonds is 2. The van der Waals surface area contributed by atoms with Gasteiger partial charge in [-0.25, -0.2) is 0 Å². The van der Waals surface area contributed by atoms with E-state index in [1.807, 2.05) is 6.07 Å². The summed E-state index contributed by atoms with van der Waals surface area (Å²) in [5.74, 6) is 0.00852. The number of phenols is 1. The summed E-state index contributed by atoms with van der Waals surface area (Å²) in [5, 5.41) is 25.2. The van der Waals surface area contributed by atoms with Gasteiger partial charge < -0.3 is 20.4 Å². The Hall–Kier alpha value is -2.12. The van der Waals surface area contributed by atoms with Gasteiger partial charge in [-0.3, -0.25) is 9.48 Å². The lowest BCUT2D eigenvalue weighted by atomic mass is 9.82. The van der Waals surface area contributed by atoms with Crippen LogP contribution in [0, 0.1) is 0 Å². The maximum atomic E-state index is 12.8. The maximum absolute atomic E-state index is 12.8. The van der Waals surface area contributed by atoms with Crippen LogP contribution >= 0.6 is 0 Å². The lowest BCUT2D eigenvalue weighted by Gasteiger charge is -2.47. The van der Waals surface area contributed by atoms with Crippen molar-refractivity contribution < 1.29 is 15.0 Å². The minimum atomic E-state index is -0.140. The first-order chi connectivity index (χ1) is 12.5. The molecule has 2 fully saturated rings. The zero-order valence-electron chi connectivity index (χ0n) is 15.6. The number of benzene rings is 1. The Labute approximate surface area is 153 Å². The number of hydrogen-bond donors (Lipinski definition) is 3. The summed E-state index contributed by atoms with van der Waals surface area (Å²) >= 11 is 0. The van der Waals surface area contributed by atoms with E-state index in [2.05, 4.69) is 22.4 Å². The highest BCUT2D eigenvalue weighted by Gasteiger charge is 2.36. The van der Waals surface area contributed by atoms with Crippen molar-refractivity contribution in [2.24, 2.45) is 7.05 Å². The lowest BCUT2D eigenvalue weighted by molar-refractivity contribution is 0.0462. The monoisotopic (exact) mass is 360 g/mol. The van der Waals surface area contributed by atoms with Gasteiger partial charge in [0.15, 0.2) is 5.69 Å². The van der Waals surface area contributed by atoms with Gasteiger partial charge in [-0.15, -0.1) is 0 Å². The van der Waals surface area contributed by atoms with E-state index < -0.39 is 0 Å². The molecule has 0 saturated carbocycles. The standard InChI is InChI=1S/C18H24N4O2.CH4O/c1-21-12-5-3-6-13(21)10-11(9-12)19-18(24)16-14-7-4-8-15(23)17(14)22(2)20-16;1-2/h4,7-8,11-13,23H,3,5-6,9-10H2,1-2H3,(H,19,24);2H,1H3/t11?,12-,13+;. The minimum Gasteiger partial charge on any atom is -0.506 e. The van der Waals surface area contributed by atoms with Crippen molar-refractivity contribution in [1.82, 2.24) is 20.0 Å². The molecule has 2 aliphatic heterocycles. The quantitative estimate of drug-likeness (QED) is 0.757. The number of piperidine rings is 2. The Morgan fingerprint density at radius 1 is 1.19 bits per heavy atom. The van der Waals surface area contributed by atoms with Gasteiger partial charge in [0.2, 0.25) is 0 Å². The van der Waals surface area contributed by atoms with Crippen molar-refractivity contribution in [1.29, 1.82) is 0 Å². The molecule has 1 amide bonds. The Balaban J connectivity index is 0.000000948. The molecule has 4 rings (SSSR count). The molecular formula is C19H28N4O3. The second-order valence-corrected chi connectivity index (χ2v) is 7.19. The molecule has 3 atom stereocenters. The normalized spacial score (nSPS) is 25.5. The predicted molar refractivity (Wildman–Crippen MR) is 100 cm³/mol. The fraction of sp³-hybridized carbons (Fsp3) is 0.579. The second-order valence-electron chi connectivity index (χ2n) is 7.19. The topological polar surface area (TPSA) is 90.6 Å². The fourth-order valence-electron chi connectivity index (χ4n) is 4.47. The molecule has 7 nitrogen and oxygen atoms in total. The van der Waals surface area contributed by atoms with Gasteiger partial charge in [-0.2, -0.15) is 5.10 Å². The molecular weight excluding hydrogens is 332 g/mol. The van der Waals surface area contributed by atoms with Crippen LogP contribution < -0.4 is 5.32 Å². The number of aliphatic hydroxyl groups excluding tert-OH is 1. The lowest BCUT2D eigenvalue weighted by Crippen LogP contribution is -2.55. The molecule has 26 heavy (non-hydrogen) atoms. The largest absolute Gasteiger partial charge is 0.506 e. The Kier molecular flexibility index (Phi) is 5.48. The molecule has 0 radical (unpaired) electrons. The number of aromatic nitrogens is 2. The third kappa shape index (κ3) is 3.29. The van der Waals surface area contributed by atoms with Crippen LogP contribution in [0.3, 0.4) is 0 Å². The summed E-state index contributed by atoms with van der Waals surface area (Å²) in [6, 6.07) is 6.55. The molecule has 1 aromatic heterocycles. The zero-order chi connectivity index (χ0) is 18.8. The van der Waals surface area contributed by atoms with E-state index in [1.165, 1.54) is 19.3 Å². The number of aliphatic hydroxyl groups is 1. The molecule has 2 aliphatic rings. The van der Waals surface area contributed by atoms with Crippen LogP contribution in [0.2, 0.25) is 0 Å². The summed E-state index contributed by atoms with van der Waals surface area (Å²) in [7, 11) is 4.96. The van der Waals surface area contributed by atoms with E-state index in [-0.39, 0.29) is 17.7 Å². The number of amides is 1. The van der Waals surface area contributed by atoms with E-state index in [9.17, 15) is 9.90 Å². The number of aromatic hydroxyl groups is 1. The minimum absolute atomic E-state index is 0.140. The number of para-hydroxylation sites is 1. The van der Waals surface area contributed by atoms with Gasteiger partial charge in [0.05, 0.1) is 0 Å². The van der Waals surface area contributed by atoms with Crippen molar-refractivity contribution in [2.75, 3.05) is 14.2 Å². The number of carbonyl (C=O) groups excluding carboxylic acids is 1. The van der Waals surface area contributed by atoms with Crippen molar-refractivity contribution >= 4 is 16.8 Å². The van der Waals surface area contributed by atoms with Crippen LogP contribution in [0.4, 0.5) is 0 Å². The first-order valence-electron chi connectivity index (χ1n) is 9.17. The van der Waals surface area contributed by atoms with E-state index in [1.54, 1.807) is 23.9 Å². The highest BCUT2D eigenvalue weighted by Crippen LogP contribution is 2.33. The molecule has 0 spiro atoms. The summed E-state index contributed by atoms with van der Waals surface area (Å²) in [6.07, 6.45) is 5.76. The molecule has 0 aliphatic carbocycles. The van der Waals surface area contributed by atoms with Gasteiger partial charge in [0.25, 0.3) is 5.91 Å². The first kappa shape index (κ1) is 18.7. The van der Waals surface area contributed by atoms with E-state index in [0.29, 0.717) is 28.7 Å². The van der Waals surface area contributed by atoms with Crippen LogP contribution in [-0.4, -0.2) is 63.1 Å². The second kappa shape index (κ2) is 7.63. The average Bonchev–Trinajstić information content (AvgIpc) is 2.96. The van der Waals surface area contributed by atoms with Crippen molar-refractivity contribution in [3.05, 3.63) is 23.9 Å². The Bertz CT molecular complexity index is 774. The number of hydrogen-bond acceptors (Lipinski definition) is 5. The van der Waals surface area contributed by atoms with Crippen LogP contribution in [0.1, 0.15) is 42.6 Å². The Morgan fingerprint density at radius 3 is 2.50 bits per heavy atom. The van der Waals surface area contributed by atoms with Crippen molar-refractivity contribution in [3.8, 4) is 5.75 Å². The molecule has 1 unspecified atom stereocenters. The first-order valence-corrected chi connectivity index (χ1v) is 9.17. The average molecular weight is 360 g/mol. The summed E-state index contributed by atoms with van der Waals surface area (Å²) in [5.41, 5.74) is 0.996. The zero-order valence-corrected chi connectivity index (χ0v) is 15.6. The SMILES string of the molecule is CN1[C@@H]2CCC[C@H]1CC(NC(=O)c1nn(C)c3c(O)cccc13)C2.CO. The fourth-order valence-corrected chi connectivity index (χ4v) is 4.47. The third-order valence-electron chi connectivity index (χ3n) is 5.73. The van der Waals surface area contributed by atoms with Gasteiger partial charge in [-0.05, 0) is 38.8 Å². The molecule has 7 heteroatoms. The molecule has 3 N–H and O–H groups in total. The number of aryl methyl sites for hydroxylation is 1.